The molecule has 0 spiro atoms. The molecule has 94 valence electrons. The number of carbonyl (C=O) groups excluding carboxylic acids is 1. The summed E-state index contributed by atoms with van der Waals surface area (Å²) in [5.41, 5.74) is 0. The molecule has 0 aliphatic heterocycles. The van der Waals surface area contributed by atoms with Gasteiger partial charge in [0, 0.05) is 15.8 Å². The lowest BCUT2D eigenvalue weighted by Crippen LogP contribution is -2.10. The van der Waals surface area contributed by atoms with Gasteiger partial charge in [0.2, 0.25) is 0 Å². The monoisotopic (exact) mass is 316 g/mol. The van der Waals surface area contributed by atoms with Gasteiger partial charge in [0.1, 0.15) is 5.78 Å². The Morgan fingerprint density at radius 3 is 2.59 bits per heavy atom. The number of rotatable bonds is 7. The van der Waals surface area contributed by atoms with Crippen LogP contribution in [0.15, 0.2) is 33.6 Å². The first-order chi connectivity index (χ1) is 8.08. The molecule has 17 heavy (non-hydrogen) atoms. The standard InChI is InChI=1S/C13H17BrO2S/c1-10(2)16-8-7-12(15)9-17-13-5-3-11(14)4-6-13/h3-6,10H,7-9H2,1-2H3. The molecule has 1 rings (SSSR count). The zero-order valence-corrected chi connectivity index (χ0v) is 12.5. The Balaban J connectivity index is 2.21. The first kappa shape index (κ1) is 14.7. The maximum absolute atomic E-state index is 11.6. The normalized spacial score (nSPS) is 10.8. The van der Waals surface area contributed by atoms with E-state index >= 15 is 0 Å². The third-order valence-electron chi connectivity index (χ3n) is 2.05. The quantitative estimate of drug-likeness (QED) is 0.713. The summed E-state index contributed by atoms with van der Waals surface area (Å²) < 4.78 is 6.40. The van der Waals surface area contributed by atoms with Crippen LogP contribution in [0, 0.1) is 0 Å². The van der Waals surface area contributed by atoms with Gasteiger partial charge < -0.3 is 4.74 Å². The number of halogens is 1. The number of Topliss-reactive ketones (excluding diaryl/α,β-unsaturated/α-hetero) is 1. The molecular weight excluding hydrogens is 300 g/mol. The molecule has 0 N–H and O–H groups in total. The third kappa shape index (κ3) is 6.86. The Labute approximate surface area is 115 Å². The van der Waals surface area contributed by atoms with E-state index < -0.39 is 0 Å². The van der Waals surface area contributed by atoms with E-state index in [4.69, 9.17) is 4.74 Å². The molecule has 2 nitrogen and oxygen atoms in total. The van der Waals surface area contributed by atoms with E-state index in [1.165, 1.54) is 0 Å². The topological polar surface area (TPSA) is 26.3 Å². The van der Waals surface area contributed by atoms with Crippen LogP contribution in [-0.4, -0.2) is 24.2 Å². The lowest BCUT2D eigenvalue weighted by molar-refractivity contribution is -0.117. The molecule has 0 heterocycles. The Hall–Kier alpha value is -0.320. The summed E-state index contributed by atoms with van der Waals surface area (Å²) in [5, 5.41) is 0. The van der Waals surface area contributed by atoms with E-state index in [1.54, 1.807) is 11.8 Å². The van der Waals surface area contributed by atoms with Crippen LogP contribution in [0.1, 0.15) is 20.3 Å². The molecule has 0 radical (unpaired) electrons. The molecular formula is C13H17BrO2S. The Bertz CT molecular complexity index is 349. The second kappa shape index (κ2) is 7.90. The minimum absolute atomic E-state index is 0.196. The fourth-order valence-corrected chi connectivity index (χ4v) is 2.24. The van der Waals surface area contributed by atoms with Gasteiger partial charge in [-0.1, -0.05) is 15.9 Å². The molecule has 0 unspecified atom stereocenters. The highest BCUT2D eigenvalue weighted by Gasteiger charge is 2.04. The summed E-state index contributed by atoms with van der Waals surface area (Å²) in [7, 11) is 0. The average Bonchev–Trinajstić information content (AvgIpc) is 2.28. The predicted molar refractivity (Wildman–Crippen MR) is 75.6 cm³/mol. The van der Waals surface area contributed by atoms with E-state index in [1.807, 2.05) is 38.1 Å². The van der Waals surface area contributed by atoms with Gasteiger partial charge in [-0.3, -0.25) is 4.79 Å². The first-order valence-corrected chi connectivity index (χ1v) is 7.37. The van der Waals surface area contributed by atoms with Crippen LogP contribution in [0.2, 0.25) is 0 Å². The second-order valence-corrected chi connectivity index (χ2v) is 5.92. The summed E-state index contributed by atoms with van der Waals surface area (Å²) >= 11 is 4.95. The maximum atomic E-state index is 11.6. The number of carbonyl (C=O) groups is 1. The summed E-state index contributed by atoms with van der Waals surface area (Å²) in [6.07, 6.45) is 0.698. The van der Waals surface area contributed by atoms with Crippen LogP contribution in [0.5, 0.6) is 0 Å². The third-order valence-corrected chi connectivity index (χ3v) is 3.65. The van der Waals surface area contributed by atoms with E-state index in [0.717, 1.165) is 9.37 Å². The number of benzene rings is 1. The van der Waals surface area contributed by atoms with Gasteiger partial charge in [0.25, 0.3) is 0 Å². The molecule has 1 aromatic carbocycles. The van der Waals surface area contributed by atoms with Crippen LogP contribution < -0.4 is 0 Å². The van der Waals surface area contributed by atoms with Gasteiger partial charge in [0.15, 0.2) is 0 Å². The number of ether oxygens (including phenoxy) is 1. The van der Waals surface area contributed by atoms with Crippen LogP contribution in [0.4, 0.5) is 0 Å². The molecule has 0 aliphatic carbocycles. The van der Waals surface area contributed by atoms with Crippen molar-refractivity contribution in [2.45, 2.75) is 31.3 Å². The highest BCUT2D eigenvalue weighted by atomic mass is 79.9. The van der Waals surface area contributed by atoms with E-state index in [-0.39, 0.29) is 11.9 Å². The van der Waals surface area contributed by atoms with Gasteiger partial charge >= 0.3 is 0 Å². The Morgan fingerprint density at radius 2 is 2.00 bits per heavy atom. The minimum atomic E-state index is 0.196. The highest BCUT2D eigenvalue weighted by Crippen LogP contribution is 2.20. The lowest BCUT2D eigenvalue weighted by Gasteiger charge is -2.06. The molecule has 0 saturated carbocycles. The van der Waals surface area contributed by atoms with Gasteiger partial charge in [-0.2, -0.15) is 0 Å². The van der Waals surface area contributed by atoms with Crippen LogP contribution in [0.25, 0.3) is 0 Å². The van der Waals surface area contributed by atoms with Crippen molar-refractivity contribution in [1.82, 2.24) is 0 Å². The largest absolute Gasteiger partial charge is 0.378 e. The smallest absolute Gasteiger partial charge is 0.145 e. The van der Waals surface area contributed by atoms with Crippen LogP contribution in [-0.2, 0) is 9.53 Å². The molecule has 0 bridgehead atoms. The maximum Gasteiger partial charge on any atom is 0.145 e. The van der Waals surface area contributed by atoms with Gasteiger partial charge in [0.05, 0.1) is 18.5 Å². The number of ketones is 1. The molecule has 0 amide bonds. The summed E-state index contributed by atoms with van der Waals surface area (Å²) in [6.45, 7) is 4.47. The van der Waals surface area contributed by atoms with Crippen molar-refractivity contribution in [2.24, 2.45) is 0 Å². The van der Waals surface area contributed by atoms with Crippen molar-refractivity contribution in [3.63, 3.8) is 0 Å². The zero-order chi connectivity index (χ0) is 12.7. The van der Waals surface area contributed by atoms with Crippen molar-refractivity contribution in [2.75, 3.05) is 12.4 Å². The van der Waals surface area contributed by atoms with E-state index in [0.29, 0.717) is 18.8 Å². The van der Waals surface area contributed by atoms with Crippen molar-refractivity contribution in [1.29, 1.82) is 0 Å². The molecule has 0 fully saturated rings. The molecule has 0 aliphatic rings. The number of hydrogen-bond donors (Lipinski definition) is 0. The second-order valence-electron chi connectivity index (χ2n) is 3.95. The van der Waals surface area contributed by atoms with E-state index in [2.05, 4.69) is 15.9 Å². The summed E-state index contributed by atoms with van der Waals surface area (Å²) in [5.74, 6) is 0.752. The molecule has 4 heteroatoms. The Kier molecular flexibility index (Phi) is 6.85. The molecule has 0 atom stereocenters. The van der Waals surface area contributed by atoms with Crippen LogP contribution in [0.3, 0.4) is 0 Å². The number of hydrogen-bond acceptors (Lipinski definition) is 3. The average molecular weight is 317 g/mol. The van der Waals surface area contributed by atoms with Crippen molar-refractivity contribution < 1.29 is 9.53 Å². The lowest BCUT2D eigenvalue weighted by atomic mass is 10.3. The zero-order valence-electron chi connectivity index (χ0n) is 10.1. The van der Waals surface area contributed by atoms with Gasteiger partial charge in [-0.15, -0.1) is 11.8 Å². The predicted octanol–water partition coefficient (Wildman–Crippen LogP) is 3.93. The van der Waals surface area contributed by atoms with Gasteiger partial charge in [-0.25, -0.2) is 0 Å². The molecule has 0 saturated heterocycles. The van der Waals surface area contributed by atoms with E-state index in [9.17, 15) is 4.79 Å². The first-order valence-electron chi connectivity index (χ1n) is 5.59. The fraction of sp³-hybridized carbons (Fsp3) is 0.462. The molecule has 1 aromatic rings. The minimum Gasteiger partial charge on any atom is -0.378 e. The van der Waals surface area contributed by atoms with Crippen molar-refractivity contribution in [3.8, 4) is 0 Å². The highest BCUT2D eigenvalue weighted by molar-refractivity contribution is 9.10. The SMILES string of the molecule is CC(C)OCCC(=O)CSc1ccc(Br)cc1. The number of thioether (sulfide) groups is 1. The molecule has 0 aromatic heterocycles. The van der Waals surface area contributed by atoms with Crippen molar-refractivity contribution in [3.05, 3.63) is 28.7 Å². The van der Waals surface area contributed by atoms with Gasteiger partial charge in [-0.05, 0) is 38.1 Å². The van der Waals surface area contributed by atoms with Crippen LogP contribution >= 0.6 is 27.7 Å². The summed E-state index contributed by atoms with van der Waals surface area (Å²) in [6, 6.07) is 7.97. The van der Waals surface area contributed by atoms with Crippen molar-refractivity contribution >= 4 is 33.5 Å². The Morgan fingerprint density at radius 1 is 1.35 bits per heavy atom. The fourth-order valence-electron chi connectivity index (χ4n) is 1.18. The summed E-state index contributed by atoms with van der Waals surface area (Å²) in [4.78, 5) is 12.7.